The van der Waals surface area contributed by atoms with Crippen molar-refractivity contribution in [3.05, 3.63) is 80.8 Å². The molecule has 1 fully saturated rings. The van der Waals surface area contributed by atoms with Gasteiger partial charge in [0.05, 0.1) is 19.2 Å². The van der Waals surface area contributed by atoms with E-state index in [1.54, 1.807) is 53.7 Å². The van der Waals surface area contributed by atoms with Gasteiger partial charge in [-0.1, -0.05) is 42.6 Å². The molecule has 3 aromatic rings. The molecule has 1 aromatic heterocycles. The second-order valence-corrected chi connectivity index (χ2v) is 10.4. The van der Waals surface area contributed by atoms with E-state index in [-0.39, 0.29) is 30.2 Å². The van der Waals surface area contributed by atoms with Gasteiger partial charge in [0.1, 0.15) is 16.7 Å². The maximum absolute atomic E-state index is 14.2. The predicted octanol–water partition coefficient (Wildman–Crippen LogP) is 6.34. The highest BCUT2D eigenvalue weighted by molar-refractivity contribution is 7.12. The summed E-state index contributed by atoms with van der Waals surface area (Å²) >= 11 is 7.59. The van der Waals surface area contributed by atoms with Gasteiger partial charge < -0.3 is 19.3 Å². The maximum atomic E-state index is 14.2. The Balaban J connectivity index is 1.84. The van der Waals surface area contributed by atoms with Crippen LogP contribution in [0.25, 0.3) is 0 Å². The number of carbonyl (C=O) groups excluding carboxylic acids is 2. The zero-order valence-corrected chi connectivity index (χ0v) is 22.7. The Labute approximate surface area is 225 Å². The summed E-state index contributed by atoms with van der Waals surface area (Å²) in [4.78, 5) is 31.8. The van der Waals surface area contributed by atoms with Crippen LogP contribution >= 0.6 is 22.9 Å². The fourth-order valence-corrected chi connectivity index (χ4v) is 5.88. The lowest BCUT2D eigenvalue weighted by molar-refractivity contribution is -0.137. The first-order valence-electron chi connectivity index (χ1n) is 12.1. The molecule has 1 saturated carbocycles. The van der Waals surface area contributed by atoms with E-state index in [4.69, 9.17) is 21.1 Å². The number of hydrogen-bond donors (Lipinski definition) is 0. The second kappa shape index (κ2) is 12.0. The van der Waals surface area contributed by atoms with Crippen LogP contribution in [-0.4, -0.2) is 48.9 Å². The number of amides is 2. The van der Waals surface area contributed by atoms with Gasteiger partial charge >= 0.3 is 0 Å². The molecular formula is C28H30ClFN2O4S. The standard InChI is InChI=1S/C28H30ClFN2O4S/c1-31(21-6-4-5-7-21)27(33)25(19-10-13-23(35-2)24(16-19)36-3)32(17-18-8-11-20(30)12-9-18)28(34)26-22(29)14-15-37-26/h8-16,21,25H,4-7,17H2,1-3H3. The van der Waals surface area contributed by atoms with Crippen LogP contribution in [0.1, 0.15) is 52.5 Å². The zero-order valence-electron chi connectivity index (χ0n) is 21.1. The highest BCUT2D eigenvalue weighted by Crippen LogP contribution is 2.37. The summed E-state index contributed by atoms with van der Waals surface area (Å²) in [5.74, 6) is -0.0000749. The van der Waals surface area contributed by atoms with Crippen LogP contribution in [0.15, 0.2) is 53.9 Å². The molecular weight excluding hydrogens is 515 g/mol. The lowest BCUT2D eigenvalue weighted by Crippen LogP contribution is -2.46. The Morgan fingerprint density at radius 2 is 1.73 bits per heavy atom. The minimum atomic E-state index is -0.971. The van der Waals surface area contributed by atoms with E-state index in [0.29, 0.717) is 32.5 Å². The Kier molecular flexibility index (Phi) is 8.71. The van der Waals surface area contributed by atoms with Crippen molar-refractivity contribution in [3.8, 4) is 11.5 Å². The number of ether oxygens (including phenoxy) is 2. The molecule has 0 spiro atoms. The Morgan fingerprint density at radius 3 is 2.32 bits per heavy atom. The van der Waals surface area contributed by atoms with E-state index in [1.807, 2.05) is 0 Å². The molecule has 4 rings (SSSR count). The first-order chi connectivity index (χ1) is 17.8. The van der Waals surface area contributed by atoms with Gasteiger partial charge in [0.25, 0.3) is 5.91 Å². The molecule has 1 aliphatic rings. The molecule has 2 aromatic carbocycles. The van der Waals surface area contributed by atoms with Gasteiger partial charge in [0.15, 0.2) is 11.5 Å². The van der Waals surface area contributed by atoms with Gasteiger partial charge in [-0.05, 0) is 59.7 Å². The van der Waals surface area contributed by atoms with Crippen LogP contribution in [0.4, 0.5) is 4.39 Å². The minimum Gasteiger partial charge on any atom is -0.493 e. The highest BCUT2D eigenvalue weighted by atomic mass is 35.5. The quantitative estimate of drug-likeness (QED) is 0.315. The van der Waals surface area contributed by atoms with Crippen LogP contribution in [0.5, 0.6) is 11.5 Å². The van der Waals surface area contributed by atoms with Crippen LogP contribution in [-0.2, 0) is 11.3 Å². The summed E-state index contributed by atoms with van der Waals surface area (Å²) in [7, 11) is 4.86. The number of thiophene rings is 1. The fraction of sp³-hybridized carbons (Fsp3) is 0.357. The molecule has 1 unspecified atom stereocenters. The molecule has 0 N–H and O–H groups in total. The van der Waals surface area contributed by atoms with Crippen molar-refractivity contribution >= 4 is 34.8 Å². The lowest BCUT2D eigenvalue weighted by Gasteiger charge is -2.36. The average Bonchev–Trinajstić information content (AvgIpc) is 3.60. The maximum Gasteiger partial charge on any atom is 0.266 e. The molecule has 37 heavy (non-hydrogen) atoms. The van der Waals surface area contributed by atoms with Gasteiger partial charge in [-0.2, -0.15) is 0 Å². The third-order valence-corrected chi connectivity index (χ3v) is 8.16. The monoisotopic (exact) mass is 544 g/mol. The van der Waals surface area contributed by atoms with E-state index < -0.39 is 6.04 Å². The van der Waals surface area contributed by atoms with Gasteiger partial charge in [-0.15, -0.1) is 11.3 Å². The first-order valence-corrected chi connectivity index (χ1v) is 13.4. The summed E-state index contributed by atoms with van der Waals surface area (Å²) in [5.41, 5.74) is 1.26. The van der Waals surface area contributed by atoms with Crippen molar-refractivity contribution < 1.29 is 23.5 Å². The van der Waals surface area contributed by atoms with Crippen molar-refractivity contribution in [1.29, 1.82) is 0 Å². The predicted molar refractivity (Wildman–Crippen MR) is 143 cm³/mol. The molecule has 0 radical (unpaired) electrons. The third kappa shape index (κ3) is 5.91. The highest BCUT2D eigenvalue weighted by Gasteiger charge is 2.38. The number of carbonyl (C=O) groups is 2. The van der Waals surface area contributed by atoms with E-state index >= 15 is 0 Å². The molecule has 9 heteroatoms. The Bertz CT molecular complexity index is 1240. The minimum absolute atomic E-state index is 0.0800. The van der Waals surface area contributed by atoms with Crippen LogP contribution in [0, 0.1) is 5.82 Å². The number of hydrogen-bond acceptors (Lipinski definition) is 5. The molecule has 1 aliphatic carbocycles. The summed E-state index contributed by atoms with van der Waals surface area (Å²) in [5, 5.41) is 2.06. The number of halogens is 2. The van der Waals surface area contributed by atoms with Crippen molar-refractivity contribution in [2.24, 2.45) is 0 Å². The summed E-state index contributed by atoms with van der Waals surface area (Å²) in [6, 6.07) is 11.9. The molecule has 0 bridgehead atoms. The lowest BCUT2D eigenvalue weighted by atomic mass is 10.0. The number of rotatable bonds is 9. The summed E-state index contributed by atoms with van der Waals surface area (Å²) in [6.45, 7) is 0.0800. The Hall–Kier alpha value is -3.10. The molecule has 196 valence electrons. The van der Waals surface area contributed by atoms with E-state index in [9.17, 15) is 14.0 Å². The molecule has 6 nitrogen and oxygen atoms in total. The average molecular weight is 545 g/mol. The fourth-order valence-electron chi connectivity index (χ4n) is 4.79. The summed E-state index contributed by atoms with van der Waals surface area (Å²) < 4.78 is 24.6. The third-order valence-electron chi connectivity index (χ3n) is 6.83. The van der Waals surface area contributed by atoms with Crippen molar-refractivity contribution in [2.75, 3.05) is 21.3 Å². The second-order valence-electron chi connectivity index (χ2n) is 9.06. The number of likely N-dealkylation sites (N-methyl/N-ethyl adjacent to an activating group) is 1. The van der Waals surface area contributed by atoms with Gasteiger partial charge in [0, 0.05) is 19.6 Å². The molecule has 1 heterocycles. The van der Waals surface area contributed by atoms with Crippen molar-refractivity contribution in [3.63, 3.8) is 0 Å². The molecule has 0 aliphatic heterocycles. The SMILES string of the molecule is COc1ccc(C(C(=O)N(C)C2CCCC2)N(Cc2ccc(F)cc2)C(=O)c2sccc2Cl)cc1OC. The van der Waals surface area contributed by atoms with Gasteiger partial charge in [0.2, 0.25) is 5.91 Å². The number of nitrogens with zero attached hydrogens (tertiary/aromatic N) is 2. The number of methoxy groups -OCH3 is 2. The smallest absolute Gasteiger partial charge is 0.266 e. The van der Waals surface area contributed by atoms with Crippen LogP contribution < -0.4 is 9.47 Å². The largest absolute Gasteiger partial charge is 0.493 e. The topological polar surface area (TPSA) is 59.1 Å². The van der Waals surface area contributed by atoms with E-state index in [1.165, 1.54) is 42.6 Å². The van der Waals surface area contributed by atoms with Gasteiger partial charge in [-0.3, -0.25) is 9.59 Å². The van der Waals surface area contributed by atoms with Crippen LogP contribution in [0.3, 0.4) is 0 Å². The first kappa shape index (κ1) is 26.9. The number of benzene rings is 2. The molecule has 1 atom stereocenters. The normalized spacial score (nSPS) is 14.3. The Morgan fingerprint density at radius 1 is 1.05 bits per heavy atom. The molecule has 0 saturated heterocycles. The van der Waals surface area contributed by atoms with E-state index in [2.05, 4.69) is 0 Å². The van der Waals surface area contributed by atoms with Crippen LogP contribution in [0.2, 0.25) is 5.02 Å². The van der Waals surface area contributed by atoms with Gasteiger partial charge in [-0.25, -0.2) is 4.39 Å². The van der Waals surface area contributed by atoms with Crippen molar-refractivity contribution in [1.82, 2.24) is 9.80 Å². The van der Waals surface area contributed by atoms with Crippen molar-refractivity contribution in [2.45, 2.75) is 44.3 Å². The van der Waals surface area contributed by atoms with E-state index in [0.717, 1.165) is 25.7 Å². The summed E-state index contributed by atoms with van der Waals surface area (Å²) in [6.07, 6.45) is 3.96. The molecule has 2 amide bonds. The zero-order chi connectivity index (χ0) is 26.5.